The van der Waals surface area contributed by atoms with Gasteiger partial charge in [-0.25, -0.2) is 0 Å². The summed E-state index contributed by atoms with van der Waals surface area (Å²) in [5, 5.41) is 0. The maximum atomic E-state index is 12.5. The SMILES string of the molecule is CN1CC[C@@]2(C)C(=CC1=O)CC[C@H]1C3=CC=C(c4cccnc4)[C@@]3(C)CC[C@@]12C. The molecule has 3 heteroatoms. The van der Waals surface area contributed by atoms with Gasteiger partial charge in [-0.1, -0.05) is 50.1 Å². The van der Waals surface area contributed by atoms with E-state index in [1.165, 1.54) is 29.6 Å². The van der Waals surface area contributed by atoms with Crippen LogP contribution in [0.1, 0.15) is 58.4 Å². The minimum Gasteiger partial charge on any atom is -0.342 e. The van der Waals surface area contributed by atoms with Gasteiger partial charge in [0.1, 0.15) is 0 Å². The first kappa shape index (κ1) is 18.8. The van der Waals surface area contributed by atoms with E-state index in [4.69, 9.17) is 0 Å². The molecule has 29 heavy (non-hydrogen) atoms. The molecule has 2 heterocycles. The molecule has 2 fully saturated rings. The van der Waals surface area contributed by atoms with E-state index in [1.54, 1.807) is 5.57 Å². The number of rotatable bonds is 1. The van der Waals surface area contributed by atoms with Crippen LogP contribution in [0.2, 0.25) is 0 Å². The number of pyridine rings is 1. The van der Waals surface area contributed by atoms with E-state index in [2.05, 4.69) is 44.0 Å². The Morgan fingerprint density at radius 2 is 1.97 bits per heavy atom. The maximum absolute atomic E-state index is 12.5. The van der Waals surface area contributed by atoms with E-state index in [9.17, 15) is 4.79 Å². The number of likely N-dealkylation sites (N-methyl/N-ethyl adjacent to an activating group) is 1. The summed E-state index contributed by atoms with van der Waals surface area (Å²) < 4.78 is 0. The van der Waals surface area contributed by atoms with Gasteiger partial charge in [0.2, 0.25) is 5.91 Å². The van der Waals surface area contributed by atoms with Crippen LogP contribution < -0.4 is 0 Å². The van der Waals surface area contributed by atoms with Crippen LogP contribution in [-0.4, -0.2) is 29.4 Å². The van der Waals surface area contributed by atoms with E-state index in [-0.39, 0.29) is 22.2 Å². The highest BCUT2D eigenvalue weighted by atomic mass is 16.2. The van der Waals surface area contributed by atoms with E-state index >= 15 is 0 Å². The van der Waals surface area contributed by atoms with Gasteiger partial charge in [0, 0.05) is 37.5 Å². The summed E-state index contributed by atoms with van der Waals surface area (Å²) >= 11 is 0. The highest BCUT2D eigenvalue weighted by molar-refractivity contribution is 5.89. The lowest BCUT2D eigenvalue weighted by atomic mass is 9.42. The minimum atomic E-state index is 0.0928. The maximum Gasteiger partial charge on any atom is 0.246 e. The Morgan fingerprint density at radius 3 is 2.72 bits per heavy atom. The summed E-state index contributed by atoms with van der Waals surface area (Å²) in [5.74, 6) is 0.763. The smallest absolute Gasteiger partial charge is 0.246 e. The van der Waals surface area contributed by atoms with Crippen molar-refractivity contribution in [2.75, 3.05) is 13.6 Å². The van der Waals surface area contributed by atoms with Crippen molar-refractivity contribution >= 4 is 11.5 Å². The topological polar surface area (TPSA) is 33.2 Å². The highest BCUT2D eigenvalue weighted by Gasteiger charge is 2.60. The first-order valence-electron chi connectivity index (χ1n) is 11.1. The Hall–Kier alpha value is -2.16. The number of nitrogens with zero attached hydrogens (tertiary/aromatic N) is 2. The molecule has 0 aromatic carbocycles. The van der Waals surface area contributed by atoms with Gasteiger partial charge in [0.25, 0.3) is 0 Å². The Labute approximate surface area is 174 Å². The third-order valence-corrected chi connectivity index (χ3v) is 9.22. The molecular formula is C26H32N2O. The van der Waals surface area contributed by atoms with Gasteiger partial charge in [0.05, 0.1) is 0 Å². The van der Waals surface area contributed by atoms with Gasteiger partial charge < -0.3 is 4.90 Å². The van der Waals surface area contributed by atoms with Gasteiger partial charge in [-0.15, -0.1) is 0 Å². The second-order valence-corrected chi connectivity index (χ2v) is 10.3. The van der Waals surface area contributed by atoms with E-state index < -0.39 is 0 Å². The molecule has 0 radical (unpaired) electrons. The summed E-state index contributed by atoms with van der Waals surface area (Å²) in [6.45, 7) is 8.27. The first-order chi connectivity index (χ1) is 13.8. The van der Waals surface area contributed by atoms with Crippen molar-refractivity contribution < 1.29 is 4.79 Å². The largest absolute Gasteiger partial charge is 0.342 e. The quantitative estimate of drug-likeness (QED) is 0.644. The zero-order valence-electron chi connectivity index (χ0n) is 18.2. The third kappa shape index (κ3) is 2.42. The molecule has 0 bridgehead atoms. The molecule has 1 amide bonds. The molecule has 1 aromatic rings. The molecule has 3 aliphatic carbocycles. The van der Waals surface area contributed by atoms with Crippen LogP contribution in [-0.2, 0) is 4.79 Å². The summed E-state index contributed by atoms with van der Waals surface area (Å²) in [5.41, 5.74) is 6.12. The molecule has 2 saturated carbocycles. The van der Waals surface area contributed by atoms with Crippen LogP contribution >= 0.6 is 0 Å². The number of hydrogen-bond acceptors (Lipinski definition) is 2. The number of hydrogen-bond donors (Lipinski definition) is 0. The first-order valence-corrected chi connectivity index (χ1v) is 11.1. The fourth-order valence-electron chi connectivity index (χ4n) is 6.96. The summed E-state index contributed by atoms with van der Waals surface area (Å²) in [6, 6.07) is 4.24. The molecular weight excluding hydrogens is 356 g/mol. The van der Waals surface area contributed by atoms with Crippen molar-refractivity contribution in [1.29, 1.82) is 0 Å². The summed E-state index contributed by atoms with van der Waals surface area (Å²) in [6.07, 6.45) is 16.3. The van der Waals surface area contributed by atoms with Gasteiger partial charge in [-0.05, 0) is 66.1 Å². The lowest BCUT2D eigenvalue weighted by Crippen LogP contribution is -2.53. The number of aromatic nitrogens is 1. The molecule has 5 rings (SSSR count). The second kappa shape index (κ2) is 6.17. The van der Waals surface area contributed by atoms with Crippen molar-refractivity contribution in [3.63, 3.8) is 0 Å². The van der Waals surface area contributed by atoms with Crippen molar-refractivity contribution in [3.05, 3.63) is 59.5 Å². The lowest BCUT2D eigenvalue weighted by Gasteiger charge is -2.61. The van der Waals surface area contributed by atoms with Crippen LogP contribution in [0.15, 0.2) is 53.9 Å². The van der Waals surface area contributed by atoms with Crippen LogP contribution in [0.3, 0.4) is 0 Å². The number of amides is 1. The summed E-state index contributed by atoms with van der Waals surface area (Å²) in [4.78, 5) is 18.8. The molecule has 0 unspecified atom stereocenters. The zero-order valence-corrected chi connectivity index (χ0v) is 18.2. The van der Waals surface area contributed by atoms with Gasteiger partial charge in [0.15, 0.2) is 0 Å². The van der Waals surface area contributed by atoms with E-state index in [0.29, 0.717) is 5.92 Å². The molecule has 0 spiro atoms. The number of allylic oxidation sites excluding steroid dienone is 5. The van der Waals surface area contributed by atoms with Gasteiger partial charge in [-0.3, -0.25) is 9.78 Å². The number of fused-ring (bicyclic) bond motifs is 5. The van der Waals surface area contributed by atoms with E-state index in [0.717, 1.165) is 25.8 Å². The second-order valence-electron chi connectivity index (χ2n) is 10.3. The Morgan fingerprint density at radius 1 is 1.14 bits per heavy atom. The normalized spacial score (nSPS) is 38.9. The number of carbonyl (C=O) groups excluding carboxylic acids is 1. The van der Waals surface area contributed by atoms with Crippen molar-refractivity contribution in [3.8, 4) is 0 Å². The monoisotopic (exact) mass is 388 g/mol. The van der Waals surface area contributed by atoms with Crippen LogP contribution in [0.25, 0.3) is 5.57 Å². The van der Waals surface area contributed by atoms with Crippen molar-refractivity contribution in [2.24, 2.45) is 22.2 Å². The Balaban J connectivity index is 1.54. The average Bonchev–Trinajstić information content (AvgIpc) is 3.01. The van der Waals surface area contributed by atoms with Gasteiger partial charge >= 0.3 is 0 Å². The average molecular weight is 389 g/mol. The standard InChI is InChI=1S/C26H32N2O/c1-24-11-12-26(3)22(21(24)10-9-20(24)18-6-5-14-27-17-18)8-7-19-16-23(29)28(4)15-13-25(19,26)2/h5-6,9-10,14,16-17,22H,7-8,11-13,15H2,1-4H3/t22-,24+,25-,26-/m0/s1. The fourth-order valence-corrected chi connectivity index (χ4v) is 6.96. The predicted octanol–water partition coefficient (Wildman–Crippen LogP) is 5.42. The van der Waals surface area contributed by atoms with Crippen LogP contribution in [0.5, 0.6) is 0 Å². The highest BCUT2D eigenvalue weighted by Crippen LogP contribution is 2.70. The lowest BCUT2D eigenvalue weighted by molar-refractivity contribution is -0.124. The fraction of sp³-hybridized carbons (Fsp3) is 0.538. The Bertz CT molecular complexity index is 958. The zero-order chi connectivity index (χ0) is 20.4. The van der Waals surface area contributed by atoms with E-state index in [1.807, 2.05) is 36.5 Å². The number of carbonyl (C=O) groups is 1. The van der Waals surface area contributed by atoms with Crippen LogP contribution in [0, 0.1) is 22.2 Å². The minimum absolute atomic E-state index is 0.0928. The van der Waals surface area contributed by atoms with Crippen molar-refractivity contribution in [1.82, 2.24) is 9.88 Å². The molecule has 4 aliphatic rings. The summed E-state index contributed by atoms with van der Waals surface area (Å²) in [7, 11) is 1.95. The molecule has 1 aromatic heterocycles. The van der Waals surface area contributed by atoms with Gasteiger partial charge in [-0.2, -0.15) is 0 Å². The molecule has 0 N–H and O–H groups in total. The third-order valence-electron chi connectivity index (χ3n) is 9.22. The van der Waals surface area contributed by atoms with Crippen molar-refractivity contribution in [2.45, 2.75) is 52.9 Å². The Kier molecular flexibility index (Phi) is 4.01. The molecule has 1 aliphatic heterocycles. The molecule has 3 nitrogen and oxygen atoms in total. The van der Waals surface area contributed by atoms with Crippen LogP contribution in [0.4, 0.5) is 0 Å². The predicted molar refractivity (Wildman–Crippen MR) is 117 cm³/mol. The molecule has 152 valence electrons. The molecule has 0 saturated heterocycles. The molecule has 4 atom stereocenters.